The second-order valence-electron chi connectivity index (χ2n) is 18.0. The van der Waals surface area contributed by atoms with E-state index in [2.05, 4.69) is 167 Å². The summed E-state index contributed by atoms with van der Waals surface area (Å²) >= 11 is 0. The Balaban J connectivity index is 4.44. The third-order valence-electron chi connectivity index (χ3n) is 11.4. The molecule has 0 rings (SSSR count). The van der Waals surface area contributed by atoms with E-state index in [0.717, 1.165) is 122 Å². The van der Waals surface area contributed by atoms with Crippen LogP contribution in [0.25, 0.3) is 0 Å². The Kier molecular flexibility index (Phi) is 55.5. The van der Waals surface area contributed by atoms with Crippen LogP contribution in [-0.4, -0.2) is 37.9 Å². The van der Waals surface area contributed by atoms with Crippen LogP contribution < -0.4 is 0 Å². The monoisotopic (exact) mass is 965 g/mol. The van der Waals surface area contributed by atoms with Gasteiger partial charge < -0.3 is 14.2 Å². The fourth-order valence-electron chi connectivity index (χ4n) is 7.26. The molecule has 0 bridgehead atoms. The summed E-state index contributed by atoms with van der Waals surface area (Å²) in [5.74, 6) is -0.493. The van der Waals surface area contributed by atoms with Gasteiger partial charge >= 0.3 is 11.9 Å². The van der Waals surface area contributed by atoms with Crippen molar-refractivity contribution in [2.24, 2.45) is 0 Å². The third-order valence-corrected chi connectivity index (χ3v) is 11.4. The highest BCUT2D eigenvalue weighted by atomic mass is 16.6. The van der Waals surface area contributed by atoms with E-state index in [1.54, 1.807) is 0 Å². The lowest BCUT2D eigenvalue weighted by atomic mass is 10.1. The fraction of sp³-hybridized carbons (Fsp3) is 0.600. The molecule has 0 saturated carbocycles. The lowest BCUT2D eigenvalue weighted by molar-refractivity contribution is -0.162. The molecule has 0 saturated heterocycles. The predicted molar refractivity (Wildman–Crippen MR) is 306 cm³/mol. The summed E-state index contributed by atoms with van der Waals surface area (Å²) < 4.78 is 17.4. The van der Waals surface area contributed by atoms with Gasteiger partial charge in [0.1, 0.15) is 6.61 Å². The van der Waals surface area contributed by atoms with E-state index < -0.39 is 6.10 Å². The zero-order chi connectivity index (χ0) is 50.6. The molecular formula is C65H104O5. The summed E-state index contributed by atoms with van der Waals surface area (Å²) in [4.78, 5) is 25.5. The molecule has 1 atom stereocenters. The van der Waals surface area contributed by atoms with Gasteiger partial charge in [-0.3, -0.25) is 9.59 Å². The summed E-state index contributed by atoms with van der Waals surface area (Å²) in [5.41, 5.74) is 0. The van der Waals surface area contributed by atoms with Crippen molar-refractivity contribution in [1.82, 2.24) is 0 Å². The SMILES string of the molecule is CC/C=C\C/C=C\C/C=C\C/C=C\C/C=C\CCCC(=O)OC(COCCCCCCCCCC/C=C\C/C=C\C/C=C\CC)COC(=O)CCCCCCCC/C=C\C/C=C\C/C=C\C/C=C\CC. The van der Waals surface area contributed by atoms with Crippen molar-refractivity contribution in [3.63, 3.8) is 0 Å². The number of ether oxygens (including phenoxy) is 3. The number of unbranched alkanes of at least 4 members (excludes halogenated alkanes) is 15. The highest BCUT2D eigenvalue weighted by molar-refractivity contribution is 5.70. The molecule has 5 nitrogen and oxygen atoms in total. The number of hydrogen-bond acceptors (Lipinski definition) is 5. The van der Waals surface area contributed by atoms with Crippen molar-refractivity contribution in [2.75, 3.05) is 19.8 Å². The van der Waals surface area contributed by atoms with Crippen LogP contribution in [-0.2, 0) is 23.8 Å². The maximum Gasteiger partial charge on any atom is 0.306 e. The molecule has 1 unspecified atom stereocenters. The number of hydrogen-bond donors (Lipinski definition) is 0. The molecule has 0 aromatic heterocycles. The van der Waals surface area contributed by atoms with E-state index in [1.165, 1.54) is 64.2 Å². The summed E-state index contributed by atoms with van der Waals surface area (Å²) in [7, 11) is 0. The lowest BCUT2D eigenvalue weighted by Gasteiger charge is -2.18. The fourth-order valence-corrected chi connectivity index (χ4v) is 7.26. The summed E-state index contributed by atoms with van der Waals surface area (Å²) in [6, 6.07) is 0. The van der Waals surface area contributed by atoms with E-state index in [4.69, 9.17) is 14.2 Å². The van der Waals surface area contributed by atoms with Crippen molar-refractivity contribution in [3.05, 3.63) is 146 Å². The molecule has 0 N–H and O–H groups in total. The van der Waals surface area contributed by atoms with Gasteiger partial charge in [0, 0.05) is 19.4 Å². The number of carbonyl (C=O) groups is 2. The standard InChI is InChI=1S/C65H104O5/c1-4-7-10-13-16-19-22-25-28-31-33-35-37-40-43-46-49-52-55-58-64(66)69-62-63(61-68-60-57-54-51-48-45-42-39-36-32-29-26-23-20-17-14-11-8-5-2)70-65(67)59-56-53-50-47-44-41-38-34-30-27-24-21-18-15-12-9-6-3/h7-12,16-21,25-30,33,35,38,41,47,50,63H,4-6,13-15,22-24,31-32,34,36-37,39-40,42-46,48-49,51-62H2,1-3H3/b10-7-,11-8-,12-9-,19-16-,20-17-,21-18-,28-25-,29-26-,30-27-,35-33-,41-38-,50-47-. The maximum atomic E-state index is 12.8. The zero-order valence-corrected chi connectivity index (χ0v) is 45.2. The molecule has 0 aliphatic rings. The molecule has 394 valence electrons. The normalized spacial score (nSPS) is 13.4. The predicted octanol–water partition coefficient (Wildman–Crippen LogP) is 19.7. The number of esters is 2. The van der Waals surface area contributed by atoms with Crippen LogP contribution in [0.3, 0.4) is 0 Å². The third kappa shape index (κ3) is 56.4. The highest BCUT2D eigenvalue weighted by Crippen LogP contribution is 2.13. The summed E-state index contributed by atoms with van der Waals surface area (Å²) in [6.45, 7) is 7.39. The van der Waals surface area contributed by atoms with E-state index >= 15 is 0 Å². The minimum absolute atomic E-state index is 0.0421. The Hall–Kier alpha value is -4.22. The van der Waals surface area contributed by atoms with Crippen LogP contribution >= 0.6 is 0 Å². The van der Waals surface area contributed by atoms with Crippen LogP contribution in [0.2, 0.25) is 0 Å². The Morgan fingerprint density at radius 2 is 0.614 bits per heavy atom. The Labute approximate surface area is 431 Å². The minimum Gasteiger partial charge on any atom is -0.462 e. The Morgan fingerprint density at radius 3 is 1.00 bits per heavy atom. The van der Waals surface area contributed by atoms with Gasteiger partial charge in [-0.15, -0.1) is 0 Å². The molecule has 0 aliphatic carbocycles. The number of allylic oxidation sites excluding steroid dienone is 24. The van der Waals surface area contributed by atoms with Gasteiger partial charge in [0.2, 0.25) is 0 Å². The molecule has 0 aromatic rings. The molecule has 0 aliphatic heterocycles. The number of rotatable bonds is 50. The molecule has 0 heterocycles. The minimum atomic E-state index is -0.588. The average Bonchev–Trinajstić information content (AvgIpc) is 3.36. The highest BCUT2D eigenvalue weighted by Gasteiger charge is 2.17. The molecule has 0 radical (unpaired) electrons. The van der Waals surface area contributed by atoms with Gasteiger partial charge in [-0.05, 0) is 128 Å². The second-order valence-corrected chi connectivity index (χ2v) is 18.0. The summed E-state index contributed by atoms with van der Waals surface area (Å²) in [6.07, 6.45) is 85.8. The van der Waals surface area contributed by atoms with Crippen molar-refractivity contribution < 1.29 is 23.8 Å². The molecule has 0 spiro atoms. The van der Waals surface area contributed by atoms with E-state index in [-0.39, 0.29) is 25.2 Å². The van der Waals surface area contributed by atoms with E-state index in [0.29, 0.717) is 25.9 Å². The van der Waals surface area contributed by atoms with Gasteiger partial charge in [-0.1, -0.05) is 231 Å². The van der Waals surface area contributed by atoms with E-state index in [1.807, 2.05) is 0 Å². The molecule has 5 heteroatoms. The topological polar surface area (TPSA) is 61.8 Å². The first kappa shape index (κ1) is 65.8. The van der Waals surface area contributed by atoms with Crippen molar-refractivity contribution in [3.8, 4) is 0 Å². The van der Waals surface area contributed by atoms with Crippen LogP contribution in [0.1, 0.15) is 226 Å². The molecule has 0 amide bonds. The summed E-state index contributed by atoms with van der Waals surface area (Å²) in [5, 5.41) is 0. The molecule has 70 heavy (non-hydrogen) atoms. The Bertz CT molecular complexity index is 1510. The van der Waals surface area contributed by atoms with Gasteiger partial charge in [-0.25, -0.2) is 0 Å². The maximum absolute atomic E-state index is 12.8. The number of carbonyl (C=O) groups excluding carboxylic acids is 2. The van der Waals surface area contributed by atoms with Crippen LogP contribution in [0.15, 0.2) is 146 Å². The largest absolute Gasteiger partial charge is 0.462 e. The first-order valence-electron chi connectivity index (χ1n) is 28.4. The van der Waals surface area contributed by atoms with Crippen molar-refractivity contribution in [2.45, 2.75) is 232 Å². The molecule has 0 fully saturated rings. The first-order chi connectivity index (χ1) is 34.6. The van der Waals surface area contributed by atoms with Gasteiger partial charge in [0.05, 0.1) is 6.61 Å². The lowest BCUT2D eigenvalue weighted by Crippen LogP contribution is -2.30. The van der Waals surface area contributed by atoms with E-state index in [9.17, 15) is 9.59 Å². The van der Waals surface area contributed by atoms with Gasteiger partial charge in [-0.2, -0.15) is 0 Å². The second kappa shape index (κ2) is 59.1. The van der Waals surface area contributed by atoms with Crippen LogP contribution in [0, 0.1) is 0 Å². The zero-order valence-electron chi connectivity index (χ0n) is 45.2. The van der Waals surface area contributed by atoms with Crippen LogP contribution in [0.5, 0.6) is 0 Å². The van der Waals surface area contributed by atoms with Crippen molar-refractivity contribution in [1.29, 1.82) is 0 Å². The molecular weight excluding hydrogens is 861 g/mol. The van der Waals surface area contributed by atoms with Crippen LogP contribution in [0.4, 0.5) is 0 Å². The quantitative estimate of drug-likeness (QED) is 0.0345. The smallest absolute Gasteiger partial charge is 0.306 e. The van der Waals surface area contributed by atoms with Crippen molar-refractivity contribution >= 4 is 11.9 Å². The van der Waals surface area contributed by atoms with Gasteiger partial charge in [0.15, 0.2) is 6.10 Å². The van der Waals surface area contributed by atoms with Gasteiger partial charge in [0.25, 0.3) is 0 Å². The average molecular weight is 966 g/mol. The Morgan fingerprint density at radius 1 is 0.314 bits per heavy atom. The first-order valence-corrected chi connectivity index (χ1v) is 28.4. The molecule has 0 aromatic carbocycles.